The summed E-state index contributed by atoms with van der Waals surface area (Å²) in [6.45, 7) is 0. The van der Waals surface area contributed by atoms with Crippen molar-refractivity contribution in [2.45, 2.75) is 15.2 Å². The third-order valence-corrected chi connectivity index (χ3v) is 11.8. The molecule has 11 rings (SSSR count). The van der Waals surface area contributed by atoms with Gasteiger partial charge in [-0.05, 0) is 101 Å². The highest BCUT2D eigenvalue weighted by Crippen LogP contribution is 2.64. The lowest BCUT2D eigenvalue weighted by Crippen LogP contribution is -2.25. The Labute approximate surface area is 272 Å². The Hall–Kier alpha value is -5.37. The van der Waals surface area contributed by atoms with Crippen LogP contribution in [0.5, 0.6) is 0 Å². The normalized spacial score (nSPS) is 14.2. The molecule has 8 aromatic carbocycles. The van der Waals surface area contributed by atoms with Gasteiger partial charge in [0.15, 0.2) is 0 Å². The van der Waals surface area contributed by atoms with Crippen LogP contribution in [0.1, 0.15) is 22.3 Å². The molecule has 0 bridgehead atoms. The molecule has 2 aliphatic carbocycles. The molecule has 0 N–H and O–H groups in total. The van der Waals surface area contributed by atoms with E-state index in [0.717, 1.165) is 0 Å². The monoisotopic (exact) mass is 598 g/mol. The summed E-state index contributed by atoms with van der Waals surface area (Å²) in [5.74, 6) is 0. The second-order valence-electron chi connectivity index (χ2n) is 12.8. The minimum absolute atomic E-state index is 0.384. The van der Waals surface area contributed by atoms with Crippen LogP contribution in [0.3, 0.4) is 0 Å². The third-order valence-electron chi connectivity index (χ3n) is 10.7. The van der Waals surface area contributed by atoms with Crippen LogP contribution >= 0.6 is 11.8 Å². The van der Waals surface area contributed by atoms with Crippen molar-refractivity contribution in [1.29, 1.82) is 0 Å². The summed E-state index contributed by atoms with van der Waals surface area (Å²) in [4.78, 5) is 2.66. The first kappa shape index (κ1) is 24.9. The van der Waals surface area contributed by atoms with E-state index in [1.165, 1.54) is 98.1 Å². The Kier molecular flexibility index (Phi) is 4.80. The van der Waals surface area contributed by atoms with Crippen molar-refractivity contribution in [3.63, 3.8) is 0 Å². The van der Waals surface area contributed by atoms with E-state index >= 15 is 0 Å². The first-order valence-electron chi connectivity index (χ1n) is 16.0. The van der Waals surface area contributed by atoms with Crippen LogP contribution in [0.4, 0.5) is 0 Å². The van der Waals surface area contributed by atoms with Crippen molar-refractivity contribution in [3.8, 4) is 44.5 Å². The number of benzene rings is 8. The van der Waals surface area contributed by atoms with Crippen LogP contribution in [0, 0.1) is 0 Å². The van der Waals surface area contributed by atoms with E-state index in [9.17, 15) is 0 Å². The van der Waals surface area contributed by atoms with Crippen LogP contribution in [-0.2, 0) is 5.41 Å². The van der Waals surface area contributed by atoms with Gasteiger partial charge >= 0.3 is 0 Å². The Morgan fingerprint density at radius 1 is 0.370 bits per heavy atom. The SMILES string of the molecule is c1ccc2c(c1)Sc1cccc3ccc(-c4ccc5c(c4)C4(c6ccccc6-c6ccccc64)c4ccc6ccccc6c4-5)c-2c13. The van der Waals surface area contributed by atoms with Gasteiger partial charge in [0, 0.05) is 15.2 Å². The fraction of sp³-hybridized carbons (Fsp3) is 0.0222. The van der Waals surface area contributed by atoms with Crippen LogP contribution in [0.15, 0.2) is 168 Å². The summed E-state index contributed by atoms with van der Waals surface area (Å²) in [5.41, 5.74) is 15.8. The van der Waals surface area contributed by atoms with Crippen molar-refractivity contribution >= 4 is 33.3 Å². The maximum atomic E-state index is 2.54. The molecule has 8 aromatic rings. The summed E-state index contributed by atoms with van der Waals surface area (Å²) in [7, 11) is 0. The van der Waals surface area contributed by atoms with E-state index in [1.807, 2.05) is 11.8 Å². The van der Waals surface area contributed by atoms with Gasteiger partial charge in [-0.1, -0.05) is 151 Å². The van der Waals surface area contributed by atoms with Gasteiger partial charge in [0.25, 0.3) is 0 Å². The zero-order valence-corrected chi connectivity index (χ0v) is 25.7. The molecule has 1 heterocycles. The minimum Gasteiger partial charge on any atom is -0.0888 e. The summed E-state index contributed by atoms with van der Waals surface area (Å²) in [6, 6.07) is 59.5. The van der Waals surface area contributed by atoms with E-state index in [4.69, 9.17) is 0 Å². The van der Waals surface area contributed by atoms with Gasteiger partial charge < -0.3 is 0 Å². The lowest BCUT2D eigenvalue weighted by atomic mass is 9.70. The third kappa shape index (κ3) is 2.97. The lowest BCUT2D eigenvalue weighted by molar-refractivity contribution is 0.795. The molecule has 0 radical (unpaired) electrons. The zero-order valence-electron chi connectivity index (χ0n) is 24.9. The Bertz CT molecular complexity index is 2580. The number of hydrogen-bond acceptors (Lipinski definition) is 1. The summed E-state index contributed by atoms with van der Waals surface area (Å²) >= 11 is 1.89. The predicted octanol–water partition coefficient (Wildman–Crippen LogP) is 12.1. The Balaban J connectivity index is 1.28. The molecule has 0 saturated carbocycles. The maximum Gasteiger partial charge on any atom is 0.0725 e. The lowest BCUT2D eigenvalue weighted by Gasteiger charge is -2.31. The Morgan fingerprint density at radius 2 is 1.02 bits per heavy atom. The van der Waals surface area contributed by atoms with Gasteiger partial charge in [-0.2, -0.15) is 0 Å². The summed E-state index contributed by atoms with van der Waals surface area (Å²) in [6.07, 6.45) is 0. The average Bonchev–Trinajstić information content (AvgIpc) is 3.59. The van der Waals surface area contributed by atoms with Crippen LogP contribution < -0.4 is 0 Å². The van der Waals surface area contributed by atoms with Gasteiger partial charge in [-0.25, -0.2) is 0 Å². The number of fused-ring (bicyclic) bond motifs is 14. The van der Waals surface area contributed by atoms with E-state index < -0.39 is 0 Å². The summed E-state index contributed by atoms with van der Waals surface area (Å²) < 4.78 is 0. The van der Waals surface area contributed by atoms with E-state index in [0.29, 0.717) is 0 Å². The second-order valence-corrected chi connectivity index (χ2v) is 13.8. The van der Waals surface area contributed by atoms with Crippen molar-refractivity contribution in [2.75, 3.05) is 0 Å². The largest absolute Gasteiger partial charge is 0.0888 e. The first-order valence-corrected chi connectivity index (χ1v) is 16.8. The van der Waals surface area contributed by atoms with Crippen LogP contribution in [0.2, 0.25) is 0 Å². The molecule has 0 saturated heterocycles. The van der Waals surface area contributed by atoms with Crippen LogP contribution in [0.25, 0.3) is 66.1 Å². The molecule has 0 aromatic heterocycles. The van der Waals surface area contributed by atoms with Crippen LogP contribution in [-0.4, -0.2) is 0 Å². The molecule has 0 unspecified atom stereocenters. The molecule has 1 spiro atoms. The van der Waals surface area contributed by atoms with E-state index in [1.54, 1.807) is 0 Å². The molecular weight excluding hydrogens is 573 g/mol. The molecule has 3 aliphatic rings. The van der Waals surface area contributed by atoms with Crippen molar-refractivity contribution in [1.82, 2.24) is 0 Å². The highest BCUT2D eigenvalue weighted by atomic mass is 32.2. The fourth-order valence-electron chi connectivity index (χ4n) is 8.91. The smallest absolute Gasteiger partial charge is 0.0725 e. The molecule has 0 fully saturated rings. The predicted molar refractivity (Wildman–Crippen MR) is 193 cm³/mol. The van der Waals surface area contributed by atoms with Crippen molar-refractivity contribution < 1.29 is 0 Å². The van der Waals surface area contributed by atoms with E-state index in [-0.39, 0.29) is 5.41 Å². The zero-order chi connectivity index (χ0) is 30.0. The highest BCUT2D eigenvalue weighted by molar-refractivity contribution is 7.99. The number of hydrogen-bond donors (Lipinski definition) is 0. The van der Waals surface area contributed by atoms with Gasteiger partial charge in [-0.15, -0.1) is 0 Å². The average molecular weight is 599 g/mol. The standard InChI is InChI=1S/C45H26S/c1-2-12-30-27(10-1)22-25-38-43(30)34-24-21-29(26-39(34)45(38)36-16-6-3-13-32(36)33-14-4-7-17-37(33)45)31-23-20-28-11-9-19-41-42(28)44(31)35-15-5-8-18-40(35)46-41/h1-26H. The molecule has 212 valence electrons. The van der Waals surface area contributed by atoms with Gasteiger partial charge in [0.2, 0.25) is 0 Å². The molecular formula is C45H26S. The summed E-state index contributed by atoms with van der Waals surface area (Å²) in [5, 5.41) is 5.27. The van der Waals surface area contributed by atoms with Gasteiger partial charge in [0.1, 0.15) is 0 Å². The fourth-order valence-corrected chi connectivity index (χ4v) is 10.0. The second kappa shape index (κ2) is 8.88. The molecule has 0 atom stereocenters. The molecule has 46 heavy (non-hydrogen) atoms. The molecule has 1 heteroatoms. The van der Waals surface area contributed by atoms with Crippen molar-refractivity contribution in [3.05, 3.63) is 180 Å². The maximum absolute atomic E-state index is 2.54. The molecule has 0 amide bonds. The number of rotatable bonds is 1. The first-order chi connectivity index (χ1) is 22.8. The molecule has 0 nitrogen and oxygen atoms in total. The van der Waals surface area contributed by atoms with Crippen molar-refractivity contribution in [2.24, 2.45) is 0 Å². The van der Waals surface area contributed by atoms with E-state index in [2.05, 4.69) is 158 Å². The van der Waals surface area contributed by atoms with Gasteiger partial charge in [-0.3, -0.25) is 0 Å². The minimum atomic E-state index is -0.384. The highest BCUT2D eigenvalue weighted by Gasteiger charge is 2.52. The quantitative estimate of drug-likeness (QED) is 0.181. The van der Waals surface area contributed by atoms with Gasteiger partial charge in [0.05, 0.1) is 5.41 Å². The topological polar surface area (TPSA) is 0 Å². The molecule has 1 aliphatic heterocycles. The Morgan fingerprint density at radius 3 is 1.87 bits per heavy atom.